The Labute approximate surface area is 162 Å². The van der Waals surface area contributed by atoms with E-state index in [1.165, 1.54) is 4.31 Å². The molecule has 5 nitrogen and oxygen atoms in total. The molecular weight excluding hydrogens is 382 g/mol. The Morgan fingerprint density at radius 3 is 2.22 bits per heavy atom. The van der Waals surface area contributed by atoms with Crippen molar-refractivity contribution in [1.29, 1.82) is 0 Å². The second kappa shape index (κ2) is 7.37. The number of sulfone groups is 1. The van der Waals surface area contributed by atoms with Gasteiger partial charge in [0.2, 0.25) is 10.0 Å². The topological polar surface area (TPSA) is 71.5 Å². The number of hydrogen-bond donors (Lipinski definition) is 0. The first kappa shape index (κ1) is 20.0. The molecule has 0 amide bonds. The first-order valence-corrected chi connectivity index (χ1v) is 12.2. The van der Waals surface area contributed by atoms with Crippen LogP contribution in [-0.2, 0) is 26.4 Å². The Kier molecular flexibility index (Phi) is 5.47. The van der Waals surface area contributed by atoms with Crippen LogP contribution in [0.1, 0.15) is 28.7 Å². The smallest absolute Gasteiger partial charge is 0.229 e. The van der Waals surface area contributed by atoms with Gasteiger partial charge in [-0.2, -0.15) is 4.31 Å². The normalized spacial score (nSPS) is 19.5. The summed E-state index contributed by atoms with van der Waals surface area (Å²) in [6.07, 6.45) is 0.332. The van der Waals surface area contributed by atoms with Gasteiger partial charge in [-0.1, -0.05) is 36.4 Å². The summed E-state index contributed by atoms with van der Waals surface area (Å²) in [5.74, 6) is -0.0899. The van der Waals surface area contributed by atoms with Gasteiger partial charge in [-0.05, 0) is 55.5 Å². The van der Waals surface area contributed by atoms with Gasteiger partial charge in [0.1, 0.15) is 0 Å². The molecule has 2 aromatic rings. The summed E-state index contributed by atoms with van der Waals surface area (Å²) in [7, 11) is -7.04. The molecule has 0 aromatic heterocycles. The van der Waals surface area contributed by atoms with Gasteiger partial charge in [0.05, 0.1) is 16.4 Å². The van der Waals surface area contributed by atoms with E-state index in [0.717, 1.165) is 16.7 Å². The lowest BCUT2D eigenvalue weighted by Crippen LogP contribution is -2.40. The third-order valence-corrected chi connectivity index (χ3v) is 8.97. The van der Waals surface area contributed by atoms with Crippen LogP contribution in [0.15, 0.2) is 47.4 Å². The number of benzene rings is 2. The lowest BCUT2D eigenvalue weighted by Gasteiger charge is -2.28. The highest BCUT2D eigenvalue weighted by atomic mass is 32.2. The zero-order chi connectivity index (χ0) is 19.8. The fourth-order valence-electron chi connectivity index (χ4n) is 3.51. The molecule has 7 heteroatoms. The maximum atomic E-state index is 13.6. The van der Waals surface area contributed by atoms with Crippen molar-refractivity contribution in [2.45, 2.75) is 44.7 Å². The van der Waals surface area contributed by atoms with E-state index >= 15 is 0 Å². The number of rotatable bonds is 5. The third kappa shape index (κ3) is 4.25. The van der Waals surface area contributed by atoms with E-state index in [2.05, 4.69) is 0 Å². The first-order chi connectivity index (χ1) is 12.6. The van der Waals surface area contributed by atoms with Gasteiger partial charge in [0.25, 0.3) is 0 Å². The van der Waals surface area contributed by atoms with Gasteiger partial charge in [0.15, 0.2) is 9.84 Å². The Bertz CT molecular complexity index is 1040. The predicted octanol–water partition coefficient (Wildman–Crippen LogP) is 2.99. The molecule has 146 valence electrons. The molecule has 0 saturated carbocycles. The van der Waals surface area contributed by atoms with E-state index in [0.29, 0.717) is 12.0 Å². The summed E-state index contributed by atoms with van der Waals surface area (Å²) in [6.45, 7) is 5.78. The predicted molar refractivity (Wildman–Crippen MR) is 107 cm³/mol. The van der Waals surface area contributed by atoms with Gasteiger partial charge >= 0.3 is 0 Å². The minimum Gasteiger partial charge on any atom is -0.229 e. The van der Waals surface area contributed by atoms with Crippen molar-refractivity contribution in [2.24, 2.45) is 0 Å². The number of aryl methyl sites for hydroxylation is 3. The van der Waals surface area contributed by atoms with Gasteiger partial charge in [-0.15, -0.1) is 0 Å². The number of sulfonamides is 1. The molecule has 1 heterocycles. The fraction of sp³-hybridized carbons (Fsp3) is 0.400. The molecule has 0 spiro atoms. The van der Waals surface area contributed by atoms with Crippen molar-refractivity contribution in [2.75, 3.05) is 11.5 Å². The second-order valence-corrected chi connectivity index (χ2v) is 11.4. The molecule has 0 unspecified atom stereocenters. The molecule has 2 aromatic carbocycles. The van der Waals surface area contributed by atoms with E-state index in [1.54, 1.807) is 13.0 Å². The van der Waals surface area contributed by atoms with Gasteiger partial charge in [-0.25, -0.2) is 16.8 Å². The summed E-state index contributed by atoms with van der Waals surface area (Å²) in [6, 6.07) is 12.3. The minimum absolute atomic E-state index is 0.0321. The number of hydrogen-bond acceptors (Lipinski definition) is 4. The molecule has 1 aliphatic heterocycles. The fourth-order valence-corrected chi connectivity index (χ4v) is 7.28. The second-order valence-electron chi connectivity index (χ2n) is 7.29. The van der Waals surface area contributed by atoms with E-state index in [1.807, 2.05) is 50.2 Å². The van der Waals surface area contributed by atoms with E-state index in [9.17, 15) is 16.8 Å². The molecule has 3 rings (SSSR count). The first-order valence-electron chi connectivity index (χ1n) is 8.94. The van der Waals surface area contributed by atoms with Crippen molar-refractivity contribution < 1.29 is 16.8 Å². The molecule has 1 atom stereocenters. The molecule has 1 saturated heterocycles. The summed E-state index contributed by atoms with van der Waals surface area (Å²) >= 11 is 0. The van der Waals surface area contributed by atoms with Crippen molar-refractivity contribution in [3.63, 3.8) is 0 Å². The Morgan fingerprint density at radius 2 is 1.63 bits per heavy atom. The van der Waals surface area contributed by atoms with Crippen LogP contribution in [0.4, 0.5) is 0 Å². The van der Waals surface area contributed by atoms with Crippen LogP contribution in [0, 0.1) is 20.8 Å². The minimum atomic E-state index is -3.83. The third-order valence-electron chi connectivity index (χ3n) is 5.17. The lowest BCUT2D eigenvalue weighted by molar-refractivity contribution is 0.334. The largest absolute Gasteiger partial charge is 0.243 e. The zero-order valence-corrected chi connectivity index (χ0v) is 17.5. The summed E-state index contributed by atoms with van der Waals surface area (Å²) < 4.78 is 52.5. The van der Waals surface area contributed by atoms with Crippen LogP contribution in [0.2, 0.25) is 0 Å². The van der Waals surface area contributed by atoms with Crippen LogP contribution in [0.25, 0.3) is 0 Å². The van der Waals surface area contributed by atoms with Gasteiger partial charge in [-0.3, -0.25) is 0 Å². The zero-order valence-electron chi connectivity index (χ0n) is 15.8. The Morgan fingerprint density at radius 1 is 1.00 bits per heavy atom. The van der Waals surface area contributed by atoms with Gasteiger partial charge in [0, 0.05) is 12.6 Å². The highest BCUT2D eigenvalue weighted by Gasteiger charge is 2.39. The lowest BCUT2D eigenvalue weighted by atomic mass is 10.1. The van der Waals surface area contributed by atoms with Crippen LogP contribution < -0.4 is 0 Å². The molecule has 1 fully saturated rings. The standard InChI is InChI=1S/C20H25NO4S2/c1-15-11-17(3)20(12-16(15)2)27(24,25)21(13-18-7-5-4-6-8-18)19-9-10-26(22,23)14-19/h4-8,11-12,19H,9-10,13-14H2,1-3H3/t19-/m1/s1. The monoisotopic (exact) mass is 407 g/mol. The maximum Gasteiger partial charge on any atom is 0.243 e. The van der Waals surface area contributed by atoms with E-state index in [4.69, 9.17) is 0 Å². The maximum absolute atomic E-state index is 13.6. The molecule has 0 bridgehead atoms. The highest BCUT2D eigenvalue weighted by Crippen LogP contribution is 2.30. The van der Waals surface area contributed by atoms with Gasteiger partial charge < -0.3 is 0 Å². The molecule has 0 N–H and O–H groups in total. The van der Waals surface area contributed by atoms with E-state index in [-0.39, 0.29) is 22.9 Å². The Hall–Kier alpha value is -1.70. The molecule has 0 radical (unpaired) electrons. The Balaban J connectivity index is 2.07. The SMILES string of the molecule is Cc1cc(C)c(S(=O)(=O)N(Cc2ccccc2)[C@@H]2CCS(=O)(=O)C2)cc1C. The van der Waals surface area contributed by atoms with Crippen molar-refractivity contribution in [3.8, 4) is 0 Å². The van der Waals surface area contributed by atoms with Crippen LogP contribution >= 0.6 is 0 Å². The molecule has 1 aliphatic rings. The van der Waals surface area contributed by atoms with Crippen molar-refractivity contribution in [1.82, 2.24) is 4.31 Å². The van der Waals surface area contributed by atoms with Crippen molar-refractivity contribution >= 4 is 19.9 Å². The van der Waals surface area contributed by atoms with Crippen LogP contribution in [-0.4, -0.2) is 38.7 Å². The summed E-state index contributed by atoms with van der Waals surface area (Å²) in [5.41, 5.74) is 3.45. The summed E-state index contributed by atoms with van der Waals surface area (Å²) in [5, 5.41) is 0. The van der Waals surface area contributed by atoms with Crippen molar-refractivity contribution in [3.05, 3.63) is 64.7 Å². The van der Waals surface area contributed by atoms with E-state index < -0.39 is 25.9 Å². The summed E-state index contributed by atoms with van der Waals surface area (Å²) in [4.78, 5) is 0.255. The molecule has 27 heavy (non-hydrogen) atoms. The average Bonchev–Trinajstić information content (AvgIpc) is 2.96. The molecule has 0 aliphatic carbocycles. The molecular formula is C20H25NO4S2. The van der Waals surface area contributed by atoms with Crippen LogP contribution in [0.3, 0.4) is 0 Å². The average molecular weight is 408 g/mol. The quantitative estimate of drug-likeness (QED) is 0.764. The number of nitrogens with zero attached hydrogens (tertiary/aromatic N) is 1. The highest BCUT2D eigenvalue weighted by molar-refractivity contribution is 7.92. The van der Waals surface area contributed by atoms with Crippen LogP contribution in [0.5, 0.6) is 0 Å².